The number of hydrogen-bond acceptors (Lipinski definition) is 3. The van der Waals surface area contributed by atoms with Crippen LogP contribution in [0.5, 0.6) is 11.5 Å². The molecule has 0 spiro atoms. The van der Waals surface area contributed by atoms with Crippen molar-refractivity contribution in [2.45, 2.75) is 60.3 Å². The summed E-state index contributed by atoms with van der Waals surface area (Å²) in [6.07, 6.45) is 6.38. The van der Waals surface area contributed by atoms with Crippen molar-refractivity contribution in [2.24, 2.45) is 5.41 Å². The summed E-state index contributed by atoms with van der Waals surface area (Å²) in [6, 6.07) is 35.5. The van der Waals surface area contributed by atoms with E-state index in [4.69, 9.17) is 11.2 Å². The Morgan fingerprint density at radius 2 is 1.60 bits per heavy atom. The van der Waals surface area contributed by atoms with Crippen LogP contribution in [-0.2, 0) is 6.42 Å². The largest absolute Gasteiger partial charge is 0.457 e. The Morgan fingerprint density at radius 1 is 0.766 bits per heavy atom. The van der Waals surface area contributed by atoms with E-state index >= 15 is 0 Å². The molecule has 0 bridgehead atoms. The first-order chi connectivity index (χ1) is 23.1. The van der Waals surface area contributed by atoms with Gasteiger partial charge in [0.15, 0.2) is 0 Å². The van der Waals surface area contributed by atoms with Gasteiger partial charge in [-0.1, -0.05) is 75.7 Å². The lowest BCUT2D eigenvalue weighted by Gasteiger charge is -2.17. The second-order valence-electron chi connectivity index (χ2n) is 13.7. The normalized spacial score (nSPS) is 12.1. The molecule has 0 aliphatic carbocycles. The first kappa shape index (κ1) is 29.3. The molecule has 236 valence electrons. The van der Waals surface area contributed by atoms with E-state index in [0.29, 0.717) is 11.5 Å². The van der Waals surface area contributed by atoms with Crippen molar-refractivity contribution in [3.8, 4) is 34.1 Å². The second kappa shape index (κ2) is 12.6. The van der Waals surface area contributed by atoms with Crippen molar-refractivity contribution in [3.05, 3.63) is 132 Å². The highest BCUT2D eigenvalue weighted by Crippen LogP contribution is 2.36. The highest BCUT2D eigenvalue weighted by atomic mass is 16.5. The first-order valence-electron chi connectivity index (χ1n) is 17.0. The highest BCUT2D eigenvalue weighted by molar-refractivity contribution is 6.09. The zero-order valence-electron chi connectivity index (χ0n) is 28.9. The van der Waals surface area contributed by atoms with Crippen LogP contribution in [-0.4, -0.2) is 19.3 Å². The third-order valence-electron chi connectivity index (χ3n) is 8.92. The smallest absolute Gasteiger partial charge is 0.137 e. The first-order valence-corrected chi connectivity index (χ1v) is 16.5. The van der Waals surface area contributed by atoms with Crippen LogP contribution in [0.3, 0.4) is 0 Å². The van der Waals surface area contributed by atoms with Crippen molar-refractivity contribution in [1.82, 2.24) is 19.3 Å². The fourth-order valence-corrected chi connectivity index (χ4v) is 6.67. The molecule has 4 aromatic carbocycles. The molecule has 0 N–H and O–H groups in total. The Kier molecular flexibility index (Phi) is 7.82. The van der Waals surface area contributed by atoms with Gasteiger partial charge in [-0.3, -0.25) is 4.57 Å². The van der Waals surface area contributed by atoms with E-state index in [1.54, 1.807) is 12.3 Å². The minimum absolute atomic E-state index is 0.362. The molecule has 7 rings (SSSR count). The molecular formula is C42H42N4O. The molecule has 0 aliphatic heterocycles. The highest BCUT2D eigenvalue weighted by Gasteiger charge is 2.17. The zero-order valence-corrected chi connectivity index (χ0v) is 27.9. The van der Waals surface area contributed by atoms with E-state index in [9.17, 15) is 0 Å². The second-order valence-corrected chi connectivity index (χ2v) is 13.7. The van der Waals surface area contributed by atoms with Crippen molar-refractivity contribution in [2.75, 3.05) is 0 Å². The molecule has 5 heteroatoms. The lowest BCUT2D eigenvalue weighted by atomic mass is 9.89. The van der Waals surface area contributed by atoms with Crippen molar-refractivity contribution >= 4 is 21.8 Å². The predicted molar refractivity (Wildman–Crippen MR) is 194 cm³/mol. The standard InChI is InChI=1S/C42H42N4O/c1-29-41(32-15-7-6-8-16-32)30(2)46(44-29)33-17-13-18-34(27-33)47-35-21-22-36-37-26-31(14-9-11-24-42(3,4)5)20-23-38(37)45(39(36)28-35)40-19-10-12-25-43-40/h6-8,10,12-13,15-23,25-28H,9,11,14,24H2,1-5H3/i10D. The number of hydrogen-bond donors (Lipinski definition) is 0. The number of fused-ring (bicyclic) bond motifs is 3. The Morgan fingerprint density at radius 3 is 2.40 bits per heavy atom. The van der Waals surface area contributed by atoms with E-state index in [2.05, 4.69) is 105 Å². The quantitative estimate of drug-likeness (QED) is 0.151. The number of aromatic nitrogens is 4. The number of nitrogens with zero attached hydrogens (tertiary/aromatic N) is 4. The van der Waals surface area contributed by atoms with E-state index in [0.717, 1.165) is 68.4 Å². The Labute approximate surface area is 278 Å². The zero-order chi connectivity index (χ0) is 33.4. The van der Waals surface area contributed by atoms with Crippen LogP contribution < -0.4 is 4.74 Å². The lowest BCUT2D eigenvalue weighted by molar-refractivity contribution is 0.360. The molecule has 0 amide bonds. The number of benzene rings is 4. The molecular weight excluding hydrogens is 576 g/mol. The van der Waals surface area contributed by atoms with Crippen LogP contribution in [0.2, 0.25) is 0 Å². The van der Waals surface area contributed by atoms with Gasteiger partial charge in [0.2, 0.25) is 0 Å². The Hall–Kier alpha value is -5.16. The van der Waals surface area contributed by atoms with Gasteiger partial charge in [-0.2, -0.15) is 5.10 Å². The number of rotatable bonds is 9. The van der Waals surface area contributed by atoms with Crippen LogP contribution in [0.1, 0.15) is 58.4 Å². The van der Waals surface area contributed by atoms with Crippen LogP contribution in [0.25, 0.3) is 44.4 Å². The van der Waals surface area contributed by atoms with Crippen molar-refractivity contribution < 1.29 is 6.11 Å². The summed E-state index contributed by atoms with van der Waals surface area (Å²) in [5, 5.41) is 7.22. The SMILES string of the molecule is [2H]c1ccnc(-n2c3ccc(CCCCC(C)(C)C)cc3c3ccc(Oc4cccc(-n5nc(C)c(-c6ccccc6)c5C)c4)cc32)c1. The maximum atomic E-state index is 8.30. The summed E-state index contributed by atoms with van der Waals surface area (Å²) in [5.74, 6) is 2.18. The van der Waals surface area contributed by atoms with E-state index < -0.39 is 0 Å². The number of aryl methyl sites for hydroxylation is 2. The molecule has 47 heavy (non-hydrogen) atoms. The predicted octanol–water partition coefficient (Wildman–Crippen LogP) is 11.2. The average Bonchev–Trinajstić information content (AvgIpc) is 3.55. The molecule has 0 fully saturated rings. The van der Waals surface area contributed by atoms with E-state index in [-0.39, 0.29) is 0 Å². The van der Waals surface area contributed by atoms with Gasteiger partial charge in [0, 0.05) is 40.4 Å². The van der Waals surface area contributed by atoms with E-state index in [1.807, 2.05) is 41.1 Å². The molecule has 0 radical (unpaired) electrons. The topological polar surface area (TPSA) is 44.9 Å². The van der Waals surface area contributed by atoms with E-state index in [1.165, 1.54) is 30.2 Å². The minimum Gasteiger partial charge on any atom is -0.457 e. The number of unbranched alkanes of at least 4 members (excludes halogenated alkanes) is 1. The monoisotopic (exact) mass is 619 g/mol. The fourth-order valence-electron chi connectivity index (χ4n) is 6.67. The van der Waals surface area contributed by atoms with Gasteiger partial charge in [-0.05, 0) is 98.2 Å². The van der Waals surface area contributed by atoms with Crippen LogP contribution in [0, 0.1) is 19.3 Å². The third-order valence-corrected chi connectivity index (χ3v) is 8.92. The molecule has 0 saturated heterocycles. The lowest BCUT2D eigenvalue weighted by Crippen LogP contribution is -2.04. The van der Waals surface area contributed by atoms with Gasteiger partial charge in [0.05, 0.1) is 23.8 Å². The minimum atomic E-state index is 0.362. The van der Waals surface area contributed by atoms with Gasteiger partial charge < -0.3 is 4.74 Å². The molecule has 0 atom stereocenters. The van der Waals surface area contributed by atoms with Crippen LogP contribution in [0.4, 0.5) is 0 Å². The summed E-state index contributed by atoms with van der Waals surface area (Å²) in [6.45, 7) is 11.1. The van der Waals surface area contributed by atoms with Crippen molar-refractivity contribution in [3.63, 3.8) is 0 Å². The van der Waals surface area contributed by atoms with Gasteiger partial charge >= 0.3 is 0 Å². The Bertz CT molecular complexity index is 2240. The van der Waals surface area contributed by atoms with Gasteiger partial charge in [-0.15, -0.1) is 0 Å². The third kappa shape index (κ3) is 6.31. The summed E-state index contributed by atoms with van der Waals surface area (Å²) in [5.41, 5.74) is 9.09. The summed E-state index contributed by atoms with van der Waals surface area (Å²) in [4.78, 5) is 4.68. The molecule has 0 aliphatic rings. The fraction of sp³-hybridized carbons (Fsp3) is 0.238. The van der Waals surface area contributed by atoms with Crippen molar-refractivity contribution in [1.29, 1.82) is 0 Å². The average molecular weight is 620 g/mol. The Balaban J connectivity index is 1.24. The molecule has 5 nitrogen and oxygen atoms in total. The van der Waals surface area contributed by atoms with Crippen LogP contribution >= 0.6 is 0 Å². The maximum Gasteiger partial charge on any atom is 0.137 e. The number of ether oxygens (including phenoxy) is 1. The molecule has 3 aromatic heterocycles. The summed E-state index contributed by atoms with van der Waals surface area (Å²) in [7, 11) is 0. The van der Waals surface area contributed by atoms with Crippen LogP contribution in [0.15, 0.2) is 115 Å². The maximum absolute atomic E-state index is 8.30. The van der Waals surface area contributed by atoms with Gasteiger partial charge in [-0.25, -0.2) is 9.67 Å². The molecule has 3 heterocycles. The summed E-state index contributed by atoms with van der Waals surface area (Å²) < 4.78 is 19.0. The van der Waals surface area contributed by atoms with Gasteiger partial charge in [0.25, 0.3) is 0 Å². The molecule has 7 aromatic rings. The molecule has 0 saturated carbocycles. The van der Waals surface area contributed by atoms with Gasteiger partial charge in [0.1, 0.15) is 17.3 Å². The summed E-state index contributed by atoms with van der Waals surface area (Å²) >= 11 is 0. The number of pyridine rings is 1. The molecule has 0 unspecified atom stereocenters.